The zero-order chi connectivity index (χ0) is 20.2. The van der Waals surface area contributed by atoms with Crippen molar-refractivity contribution >= 4 is 23.6 Å². The standard InChI is InChI=1S/C23H23N3O2S/c24-15-17-5-1-3-7-20(17)29-21-8-4-2-6-19(21)22(27)25-18-11-13-26(14-12-18)23(28)16-9-10-16/h1-8,16,18H,9-14H2,(H,25,27). The molecule has 29 heavy (non-hydrogen) atoms. The number of nitrogens with zero attached hydrogens (tertiary/aromatic N) is 2. The van der Waals surface area contributed by atoms with Crippen LogP contribution in [0.3, 0.4) is 0 Å². The third-order valence-corrected chi connectivity index (χ3v) is 6.58. The van der Waals surface area contributed by atoms with Gasteiger partial charge in [0.15, 0.2) is 0 Å². The van der Waals surface area contributed by atoms with E-state index in [2.05, 4.69) is 11.4 Å². The lowest BCUT2D eigenvalue weighted by atomic mass is 10.0. The molecule has 4 rings (SSSR count). The summed E-state index contributed by atoms with van der Waals surface area (Å²) < 4.78 is 0. The van der Waals surface area contributed by atoms with Crippen molar-refractivity contribution < 1.29 is 9.59 Å². The highest BCUT2D eigenvalue weighted by atomic mass is 32.2. The first-order chi connectivity index (χ1) is 14.2. The lowest BCUT2D eigenvalue weighted by Gasteiger charge is -2.32. The van der Waals surface area contributed by atoms with Gasteiger partial charge in [-0.2, -0.15) is 5.26 Å². The Kier molecular flexibility index (Phi) is 5.86. The van der Waals surface area contributed by atoms with E-state index in [-0.39, 0.29) is 23.8 Å². The van der Waals surface area contributed by atoms with E-state index in [1.807, 2.05) is 47.4 Å². The van der Waals surface area contributed by atoms with Crippen LogP contribution in [-0.2, 0) is 4.79 Å². The van der Waals surface area contributed by atoms with Crippen LogP contribution in [0.15, 0.2) is 58.3 Å². The van der Waals surface area contributed by atoms with E-state index in [1.165, 1.54) is 11.8 Å². The first kappa shape index (κ1) is 19.5. The van der Waals surface area contributed by atoms with Gasteiger partial charge in [-0.1, -0.05) is 36.0 Å². The summed E-state index contributed by atoms with van der Waals surface area (Å²) in [6, 6.07) is 17.2. The molecule has 1 heterocycles. The Hall–Kier alpha value is -2.78. The summed E-state index contributed by atoms with van der Waals surface area (Å²) in [5.74, 6) is 0.434. The Bertz CT molecular complexity index is 957. The molecule has 1 aliphatic heterocycles. The number of amides is 2. The normalized spacial score (nSPS) is 16.9. The predicted molar refractivity (Wildman–Crippen MR) is 112 cm³/mol. The van der Waals surface area contributed by atoms with E-state index in [1.54, 1.807) is 6.07 Å². The number of piperidine rings is 1. The van der Waals surface area contributed by atoms with Crippen LogP contribution in [0.4, 0.5) is 0 Å². The number of likely N-dealkylation sites (tertiary alicyclic amines) is 1. The molecule has 0 bridgehead atoms. The molecule has 2 amide bonds. The van der Waals surface area contributed by atoms with Crippen molar-refractivity contribution in [2.75, 3.05) is 13.1 Å². The number of carbonyl (C=O) groups is 2. The van der Waals surface area contributed by atoms with Gasteiger partial charge in [0.05, 0.1) is 11.1 Å². The van der Waals surface area contributed by atoms with Crippen LogP contribution in [0.5, 0.6) is 0 Å². The van der Waals surface area contributed by atoms with E-state index in [4.69, 9.17) is 0 Å². The fourth-order valence-electron chi connectivity index (χ4n) is 3.61. The Balaban J connectivity index is 1.40. The Labute approximate surface area is 175 Å². The number of nitriles is 1. The highest BCUT2D eigenvalue weighted by Crippen LogP contribution is 2.33. The highest BCUT2D eigenvalue weighted by Gasteiger charge is 2.35. The molecular weight excluding hydrogens is 382 g/mol. The summed E-state index contributed by atoms with van der Waals surface area (Å²) in [6.45, 7) is 1.43. The van der Waals surface area contributed by atoms with E-state index in [0.717, 1.165) is 35.5 Å². The van der Waals surface area contributed by atoms with Crippen molar-refractivity contribution in [1.29, 1.82) is 5.26 Å². The molecule has 2 aromatic rings. The maximum Gasteiger partial charge on any atom is 0.252 e. The number of rotatable bonds is 5. The number of benzene rings is 2. The first-order valence-corrected chi connectivity index (χ1v) is 10.8. The molecule has 0 atom stereocenters. The maximum absolute atomic E-state index is 12.9. The van der Waals surface area contributed by atoms with Crippen LogP contribution in [0.2, 0.25) is 0 Å². The van der Waals surface area contributed by atoms with Crippen molar-refractivity contribution in [2.45, 2.75) is 41.5 Å². The second-order valence-electron chi connectivity index (χ2n) is 7.55. The lowest BCUT2D eigenvalue weighted by Crippen LogP contribution is -2.47. The molecular formula is C23H23N3O2S. The smallest absolute Gasteiger partial charge is 0.252 e. The molecule has 6 heteroatoms. The molecule has 148 valence electrons. The Morgan fingerprint density at radius 1 is 0.966 bits per heavy atom. The Morgan fingerprint density at radius 3 is 2.31 bits per heavy atom. The molecule has 1 saturated heterocycles. The summed E-state index contributed by atoms with van der Waals surface area (Å²) in [6.07, 6.45) is 3.63. The highest BCUT2D eigenvalue weighted by molar-refractivity contribution is 7.99. The summed E-state index contributed by atoms with van der Waals surface area (Å²) >= 11 is 1.43. The molecule has 0 unspecified atom stereocenters. The molecule has 0 spiro atoms. The summed E-state index contributed by atoms with van der Waals surface area (Å²) in [5.41, 5.74) is 1.21. The molecule has 2 aromatic carbocycles. The fraction of sp³-hybridized carbons (Fsp3) is 0.348. The van der Waals surface area contributed by atoms with Crippen molar-refractivity contribution in [3.8, 4) is 6.07 Å². The fourth-order valence-corrected chi connectivity index (χ4v) is 4.63. The number of hydrogen-bond acceptors (Lipinski definition) is 4. The lowest BCUT2D eigenvalue weighted by molar-refractivity contribution is -0.133. The van der Waals surface area contributed by atoms with Gasteiger partial charge in [-0.25, -0.2) is 0 Å². The predicted octanol–water partition coefficient (Wildman–Crippen LogP) is 3.84. The number of carbonyl (C=O) groups excluding carboxylic acids is 2. The van der Waals surface area contributed by atoms with Gasteiger partial charge >= 0.3 is 0 Å². The quantitative estimate of drug-likeness (QED) is 0.820. The monoisotopic (exact) mass is 405 g/mol. The van der Waals surface area contributed by atoms with Gasteiger partial charge < -0.3 is 10.2 Å². The average Bonchev–Trinajstić information content (AvgIpc) is 3.60. The first-order valence-electron chi connectivity index (χ1n) is 10.0. The van der Waals surface area contributed by atoms with Gasteiger partial charge in [-0.05, 0) is 49.9 Å². The summed E-state index contributed by atoms with van der Waals surface area (Å²) in [5, 5.41) is 12.5. The zero-order valence-electron chi connectivity index (χ0n) is 16.1. The third-order valence-electron chi connectivity index (χ3n) is 5.43. The minimum Gasteiger partial charge on any atom is -0.349 e. The third kappa shape index (κ3) is 4.63. The second-order valence-corrected chi connectivity index (χ2v) is 8.64. The SMILES string of the molecule is N#Cc1ccccc1Sc1ccccc1C(=O)NC1CCN(C(=O)C2CC2)CC1. The number of hydrogen-bond donors (Lipinski definition) is 1. The molecule has 1 saturated carbocycles. The molecule has 0 radical (unpaired) electrons. The van der Waals surface area contributed by atoms with Crippen molar-refractivity contribution in [3.63, 3.8) is 0 Å². The van der Waals surface area contributed by atoms with Gasteiger partial charge in [0.2, 0.25) is 5.91 Å². The second kappa shape index (κ2) is 8.71. The van der Waals surface area contributed by atoms with E-state index in [0.29, 0.717) is 24.2 Å². The van der Waals surface area contributed by atoms with Crippen LogP contribution >= 0.6 is 11.8 Å². The molecule has 5 nitrogen and oxygen atoms in total. The largest absolute Gasteiger partial charge is 0.349 e. The van der Waals surface area contributed by atoms with Crippen LogP contribution in [0.25, 0.3) is 0 Å². The molecule has 2 fully saturated rings. The summed E-state index contributed by atoms with van der Waals surface area (Å²) in [7, 11) is 0. The molecule has 0 aromatic heterocycles. The van der Waals surface area contributed by atoms with Gasteiger partial charge in [-0.15, -0.1) is 0 Å². The van der Waals surface area contributed by atoms with Gasteiger partial charge in [-0.3, -0.25) is 9.59 Å². The van der Waals surface area contributed by atoms with Crippen molar-refractivity contribution in [2.24, 2.45) is 5.92 Å². The van der Waals surface area contributed by atoms with Crippen molar-refractivity contribution in [3.05, 3.63) is 59.7 Å². The topological polar surface area (TPSA) is 73.2 Å². The average molecular weight is 406 g/mol. The van der Waals surface area contributed by atoms with E-state index in [9.17, 15) is 14.9 Å². The van der Waals surface area contributed by atoms with Crippen molar-refractivity contribution in [1.82, 2.24) is 10.2 Å². The maximum atomic E-state index is 12.9. The molecule has 1 aliphatic carbocycles. The van der Waals surface area contributed by atoms with Crippen LogP contribution in [-0.4, -0.2) is 35.8 Å². The van der Waals surface area contributed by atoms with E-state index < -0.39 is 0 Å². The van der Waals surface area contributed by atoms with Gasteiger partial charge in [0.25, 0.3) is 5.91 Å². The molecule has 1 N–H and O–H groups in total. The number of nitrogens with one attached hydrogen (secondary N) is 1. The minimum absolute atomic E-state index is 0.0789. The van der Waals surface area contributed by atoms with E-state index >= 15 is 0 Å². The zero-order valence-corrected chi connectivity index (χ0v) is 17.0. The van der Waals surface area contributed by atoms with Crippen LogP contribution < -0.4 is 5.32 Å². The van der Waals surface area contributed by atoms with Crippen LogP contribution in [0, 0.1) is 17.2 Å². The summed E-state index contributed by atoms with van der Waals surface area (Å²) in [4.78, 5) is 28.7. The molecule has 2 aliphatic rings. The van der Waals surface area contributed by atoms with Gasteiger partial charge in [0.1, 0.15) is 6.07 Å². The van der Waals surface area contributed by atoms with Gasteiger partial charge in [0, 0.05) is 34.8 Å². The Morgan fingerprint density at radius 2 is 1.62 bits per heavy atom. The van der Waals surface area contributed by atoms with Crippen LogP contribution in [0.1, 0.15) is 41.6 Å². The minimum atomic E-state index is -0.102.